The lowest BCUT2D eigenvalue weighted by Gasteiger charge is -2.39. The highest BCUT2D eigenvalue weighted by atomic mass is 28.3. The van der Waals surface area contributed by atoms with Gasteiger partial charge in [-0.3, -0.25) is 0 Å². The molecule has 0 saturated carbocycles. The van der Waals surface area contributed by atoms with Crippen LogP contribution in [0.1, 0.15) is 54.4 Å². The van der Waals surface area contributed by atoms with E-state index in [-0.39, 0.29) is 0 Å². The van der Waals surface area contributed by atoms with E-state index >= 15 is 0 Å². The SMILES string of the molecule is CC(C)[Si](C#CCCCOC1OC(CO)C(O)C(O)C1O)(C(C)C)C(C)C. The summed E-state index contributed by atoms with van der Waals surface area (Å²) in [6, 6.07) is 0. The fourth-order valence-electron chi connectivity index (χ4n) is 4.21. The average molecular weight is 403 g/mol. The van der Waals surface area contributed by atoms with Gasteiger partial charge in [-0.1, -0.05) is 41.5 Å². The van der Waals surface area contributed by atoms with E-state index in [0.717, 1.165) is 0 Å². The standard InChI is InChI=1S/C20H38O6Si/c1-13(2)27(14(3)4,15(5)6)11-9-7-8-10-25-20-19(24)18(23)17(22)16(12-21)26-20/h13-24H,7-8,10,12H2,1-6H3. The molecule has 1 aliphatic rings. The number of unbranched alkanes of at least 4 members (excludes halogenated alkanes) is 1. The van der Waals surface area contributed by atoms with E-state index in [0.29, 0.717) is 36.1 Å². The van der Waals surface area contributed by atoms with Gasteiger partial charge in [0.05, 0.1) is 13.2 Å². The van der Waals surface area contributed by atoms with Gasteiger partial charge in [-0.2, -0.15) is 0 Å². The second kappa shape index (κ2) is 10.9. The van der Waals surface area contributed by atoms with Crippen LogP contribution in [0, 0.1) is 11.5 Å². The molecule has 27 heavy (non-hydrogen) atoms. The summed E-state index contributed by atoms with van der Waals surface area (Å²) in [4.78, 5) is 0. The number of hydrogen-bond donors (Lipinski definition) is 4. The smallest absolute Gasteiger partial charge is 0.186 e. The van der Waals surface area contributed by atoms with Crippen molar-refractivity contribution in [3.05, 3.63) is 0 Å². The first kappa shape index (κ1) is 24.6. The first-order valence-corrected chi connectivity index (χ1v) is 12.2. The molecular formula is C20H38O6Si. The fraction of sp³-hybridized carbons (Fsp3) is 0.900. The Kier molecular flexibility index (Phi) is 9.93. The maximum absolute atomic E-state index is 9.95. The van der Waals surface area contributed by atoms with Crippen LogP contribution in [0.25, 0.3) is 0 Å². The molecule has 0 amide bonds. The summed E-state index contributed by atoms with van der Waals surface area (Å²) in [5, 5.41) is 38.7. The average Bonchev–Trinajstić information content (AvgIpc) is 2.59. The van der Waals surface area contributed by atoms with Crippen LogP contribution in [0.2, 0.25) is 16.6 Å². The summed E-state index contributed by atoms with van der Waals surface area (Å²) >= 11 is 0. The van der Waals surface area contributed by atoms with Crippen LogP contribution < -0.4 is 0 Å². The van der Waals surface area contributed by atoms with E-state index in [1.54, 1.807) is 0 Å². The number of aliphatic hydroxyl groups excluding tert-OH is 4. The highest BCUT2D eigenvalue weighted by molar-refractivity contribution is 6.90. The van der Waals surface area contributed by atoms with Gasteiger partial charge < -0.3 is 29.9 Å². The number of ether oxygens (including phenoxy) is 2. The van der Waals surface area contributed by atoms with Gasteiger partial charge in [0, 0.05) is 6.42 Å². The minimum absolute atomic E-state index is 0.316. The zero-order valence-corrected chi connectivity index (χ0v) is 18.6. The molecule has 0 aromatic rings. The van der Waals surface area contributed by atoms with Crippen LogP contribution in [0.15, 0.2) is 0 Å². The lowest BCUT2D eigenvalue weighted by atomic mass is 9.99. The van der Waals surface area contributed by atoms with Crippen LogP contribution in [-0.4, -0.2) is 72.4 Å². The van der Waals surface area contributed by atoms with Gasteiger partial charge in [-0.05, 0) is 23.0 Å². The third kappa shape index (κ3) is 5.77. The molecule has 1 rings (SSSR count). The van der Waals surface area contributed by atoms with E-state index in [1.165, 1.54) is 0 Å². The molecule has 0 aliphatic carbocycles. The van der Waals surface area contributed by atoms with E-state index in [2.05, 4.69) is 53.0 Å². The maximum atomic E-state index is 9.95. The van der Waals surface area contributed by atoms with Crippen molar-refractivity contribution in [2.75, 3.05) is 13.2 Å². The minimum atomic E-state index is -1.72. The Morgan fingerprint density at radius 2 is 1.48 bits per heavy atom. The first-order valence-electron chi connectivity index (χ1n) is 10.0. The third-order valence-electron chi connectivity index (χ3n) is 5.75. The van der Waals surface area contributed by atoms with Crippen molar-refractivity contribution >= 4 is 8.07 Å². The Morgan fingerprint density at radius 1 is 0.926 bits per heavy atom. The van der Waals surface area contributed by atoms with Gasteiger partial charge in [0.1, 0.15) is 32.5 Å². The Balaban J connectivity index is 2.56. The molecule has 7 heteroatoms. The Morgan fingerprint density at radius 3 is 1.96 bits per heavy atom. The summed E-state index contributed by atoms with van der Waals surface area (Å²) in [5.41, 5.74) is 5.43. The molecule has 1 heterocycles. The Hall–Kier alpha value is -0.463. The van der Waals surface area contributed by atoms with Crippen LogP contribution >= 0.6 is 0 Å². The summed E-state index contributed by atoms with van der Waals surface area (Å²) in [6.07, 6.45) is -4.75. The van der Waals surface area contributed by atoms with E-state index in [4.69, 9.17) is 9.47 Å². The number of aliphatic hydroxyl groups is 4. The number of hydrogen-bond acceptors (Lipinski definition) is 6. The lowest BCUT2D eigenvalue weighted by Crippen LogP contribution is -2.59. The molecule has 0 aromatic carbocycles. The number of rotatable bonds is 8. The van der Waals surface area contributed by atoms with Gasteiger partial charge in [0.15, 0.2) is 6.29 Å². The highest BCUT2D eigenvalue weighted by Crippen LogP contribution is 2.40. The molecule has 5 unspecified atom stereocenters. The van der Waals surface area contributed by atoms with Crippen molar-refractivity contribution in [1.82, 2.24) is 0 Å². The summed E-state index contributed by atoms with van der Waals surface area (Å²) in [7, 11) is -1.72. The normalized spacial score (nSPS) is 29.3. The van der Waals surface area contributed by atoms with Crippen LogP contribution in [0.3, 0.4) is 0 Å². The highest BCUT2D eigenvalue weighted by Gasteiger charge is 2.44. The largest absolute Gasteiger partial charge is 0.394 e. The van der Waals surface area contributed by atoms with Crippen molar-refractivity contribution < 1.29 is 29.9 Å². The predicted molar refractivity (Wildman–Crippen MR) is 108 cm³/mol. The first-order chi connectivity index (χ1) is 12.6. The van der Waals surface area contributed by atoms with Crippen LogP contribution in [0.4, 0.5) is 0 Å². The van der Waals surface area contributed by atoms with Crippen molar-refractivity contribution in [3.63, 3.8) is 0 Å². The summed E-state index contributed by atoms with van der Waals surface area (Å²) in [5.74, 6) is 3.35. The zero-order chi connectivity index (χ0) is 20.8. The molecule has 6 nitrogen and oxygen atoms in total. The Bertz CT molecular complexity index is 475. The molecular weight excluding hydrogens is 364 g/mol. The molecule has 1 saturated heterocycles. The van der Waals surface area contributed by atoms with Crippen molar-refractivity contribution in [3.8, 4) is 11.5 Å². The third-order valence-corrected chi connectivity index (χ3v) is 12.1. The molecule has 0 spiro atoms. The maximum Gasteiger partial charge on any atom is 0.186 e. The zero-order valence-electron chi connectivity index (χ0n) is 17.6. The van der Waals surface area contributed by atoms with E-state index in [9.17, 15) is 20.4 Å². The van der Waals surface area contributed by atoms with Gasteiger partial charge in [0.2, 0.25) is 0 Å². The monoisotopic (exact) mass is 402 g/mol. The molecule has 1 fully saturated rings. The molecule has 158 valence electrons. The lowest BCUT2D eigenvalue weighted by molar-refractivity contribution is -0.301. The Labute approximate surface area is 164 Å². The van der Waals surface area contributed by atoms with Crippen LogP contribution in [0.5, 0.6) is 0 Å². The van der Waals surface area contributed by atoms with Gasteiger partial charge in [-0.15, -0.1) is 11.5 Å². The summed E-state index contributed by atoms with van der Waals surface area (Å²) < 4.78 is 10.8. The van der Waals surface area contributed by atoms with Crippen molar-refractivity contribution in [2.24, 2.45) is 0 Å². The van der Waals surface area contributed by atoms with Crippen molar-refractivity contribution in [2.45, 2.75) is 102 Å². The van der Waals surface area contributed by atoms with Gasteiger partial charge in [-0.25, -0.2) is 0 Å². The molecule has 5 atom stereocenters. The van der Waals surface area contributed by atoms with Gasteiger partial charge in [0.25, 0.3) is 0 Å². The summed E-state index contributed by atoms with van der Waals surface area (Å²) in [6.45, 7) is 13.5. The minimum Gasteiger partial charge on any atom is -0.394 e. The second-order valence-corrected chi connectivity index (χ2v) is 14.0. The molecule has 0 radical (unpaired) electrons. The molecule has 0 aromatic heterocycles. The fourth-order valence-corrected chi connectivity index (χ4v) is 9.51. The van der Waals surface area contributed by atoms with Gasteiger partial charge >= 0.3 is 0 Å². The molecule has 0 bridgehead atoms. The van der Waals surface area contributed by atoms with E-state index in [1.807, 2.05) is 0 Å². The molecule has 1 aliphatic heterocycles. The topological polar surface area (TPSA) is 99.4 Å². The van der Waals surface area contributed by atoms with Crippen molar-refractivity contribution in [1.29, 1.82) is 0 Å². The molecule has 4 N–H and O–H groups in total. The predicted octanol–water partition coefficient (Wildman–Crippen LogP) is 1.80. The quantitative estimate of drug-likeness (QED) is 0.281. The van der Waals surface area contributed by atoms with E-state index < -0.39 is 45.4 Å². The van der Waals surface area contributed by atoms with Crippen LogP contribution in [-0.2, 0) is 9.47 Å². The second-order valence-electron chi connectivity index (χ2n) is 8.37.